The van der Waals surface area contributed by atoms with Crippen molar-refractivity contribution in [1.29, 1.82) is 0 Å². The summed E-state index contributed by atoms with van der Waals surface area (Å²) in [5, 5.41) is 0.613. The van der Waals surface area contributed by atoms with E-state index in [9.17, 15) is 4.79 Å². The lowest BCUT2D eigenvalue weighted by atomic mass is 10.0. The molecule has 1 aromatic heterocycles. The summed E-state index contributed by atoms with van der Waals surface area (Å²) in [5.74, 6) is 0.0939. The third-order valence-corrected chi connectivity index (χ3v) is 3.62. The van der Waals surface area contributed by atoms with Crippen LogP contribution in [-0.4, -0.2) is 5.78 Å². The lowest BCUT2D eigenvalue weighted by Gasteiger charge is -2.01. The molecule has 0 spiro atoms. The SMILES string of the molecule is CC(C)C(=O)c1cc(-c2ccccc2)sc1N. The molecule has 0 aliphatic rings. The number of thiophene rings is 1. The van der Waals surface area contributed by atoms with Gasteiger partial charge in [-0.1, -0.05) is 44.2 Å². The molecule has 2 nitrogen and oxygen atoms in total. The van der Waals surface area contributed by atoms with Crippen LogP contribution in [0, 0.1) is 5.92 Å². The minimum absolute atomic E-state index is 0.0180. The van der Waals surface area contributed by atoms with E-state index in [1.807, 2.05) is 50.2 Å². The van der Waals surface area contributed by atoms with Gasteiger partial charge in [-0.3, -0.25) is 4.79 Å². The Balaban J connectivity index is 2.41. The van der Waals surface area contributed by atoms with Gasteiger partial charge in [0.25, 0.3) is 0 Å². The second kappa shape index (κ2) is 4.72. The van der Waals surface area contributed by atoms with E-state index in [0.717, 1.165) is 10.4 Å². The van der Waals surface area contributed by atoms with Crippen LogP contribution in [-0.2, 0) is 0 Å². The minimum Gasteiger partial charge on any atom is -0.390 e. The Kier molecular flexibility index (Phi) is 3.29. The smallest absolute Gasteiger partial charge is 0.168 e. The standard InChI is InChI=1S/C14H15NOS/c1-9(2)13(16)11-8-12(17-14(11)15)10-6-4-3-5-7-10/h3-9H,15H2,1-2H3. The minimum atomic E-state index is -0.0180. The van der Waals surface area contributed by atoms with Crippen LogP contribution in [0.5, 0.6) is 0 Å². The predicted octanol–water partition coefficient (Wildman–Crippen LogP) is 3.84. The van der Waals surface area contributed by atoms with E-state index in [-0.39, 0.29) is 11.7 Å². The fourth-order valence-corrected chi connectivity index (χ4v) is 2.59. The van der Waals surface area contributed by atoms with Gasteiger partial charge in [0.15, 0.2) is 5.78 Å². The Morgan fingerprint density at radius 1 is 1.24 bits per heavy atom. The van der Waals surface area contributed by atoms with Crippen molar-refractivity contribution in [2.24, 2.45) is 5.92 Å². The highest BCUT2D eigenvalue weighted by molar-refractivity contribution is 7.19. The number of anilines is 1. The van der Waals surface area contributed by atoms with Crippen molar-refractivity contribution in [3.8, 4) is 10.4 Å². The molecule has 2 aromatic rings. The number of carbonyl (C=O) groups is 1. The zero-order chi connectivity index (χ0) is 12.4. The topological polar surface area (TPSA) is 43.1 Å². The van der Waals surface area contributed by atoms with Gasteiger partial charge >= 0.3 is 0 Å². The van der Waals surface area contributed by atoms with E-state index < -0.39 is 0 Å². The largest absolute Gasteiger partial charge is 0.390 e. The summed E-state index contributed by atoms with van der Waals surface area (Å²) < 4.78 is 0. The zero-order valence-electron chi connectivity index (χ0n) is 9.94. The molecule has 2 rings (SSSR count). The summed E-state index contributed by atoms with van der Waals surface area (Å²) in [6.45, 7) is 3.78. The first kappa shape index (κ1) is 11.9. The van der Waals surface area contributed by atoms with Gasteiger partial charge in [0.1, 0.15) is 0 Å². The molecule has 0 saturated carbocycles. The van der Waals surface area contributed by atoms with Gasteiger partial charge in [-0.05, 0) is 11.6 Å². The average molecular weight is 245 g/mol. The molecule has 1 heterocycles. The fourth-order valence-electron chi connectivity index (χ4n) is 1.65. The summed E-state index contributed by atoms with van der Waals surface area (Å²) in [7, 11) is 0. The quantitative estimate of drug-likeness (QED) is 0.835. The van der Waals surface area contributed by atoms with Crippen molar-refractivity contribution >= 4 is 22.1 Å². The van der Waals surface area contributed by atoms with Gasteiger partial charge in [0.05, 0.1) is 10.6 Å². The second-order valence-corrected chi connectivity index (χ2v) is 5.36. The van der Waals surface area contributed by atoms with Crippen molar-refractivity contribution in [2.45, 2.75) is 13.8 Å². The molecule has 3 heteroatoms. The number of hydrogen-bond acceptors (Lipinski definition) is 3. The van der Waals surface area contributed by atoms with Crippen molar-refractivity contribution in [3.05, 3.63) is 42.0 Å². The van der Waals surface area contributed by atoms with Crippen molar-refractivity contribution < 1.29 is 4.79 Å². The Hall–Kier alpha value is -1.61. The van der Waals surface area contributed by atoms with Gasteiger partial charge in [-0.15, -0.1) is 11.3 Å². The van der Waals surface area contributed by atoms with E-state index in [1.54, 1.807) is 0 Å². The zero-order valence-corrected chi connectivity index (χ0v) is 10.8. The Morgan fingerprint density at radius 3 is 2.47 bits per heavy atom. The fraction of sp³-hybridized carbons (Fsp3) is 0.214. The predicted molar refractivity (Wildman–Crippen MR) is 73.3 cm³/mol. The van der Waals surface area contributed by atoms with Crippen molar-refractivity contribution in [1.82, 2.24) is 0 Å². The Labute approximate surface area is 105 Å². The molecule has 2 N–H and O–H groups in total. The molecule has 0 fully saturated rings. The Bertz CT molecular complexity index is 528. The van der Waals surface area contributed by atoms with Gasteiger partial charge < -0.3 is 5.73 Å². The molecule has 88 valence electrons. The van der Waals surface area contributed by atoms with Gasteiger partial charge in [-0.2, -0.15) is 0 Å². The van der Waals surface area contributed by atoms with Crippen LogP contribution in [0.1, 0.15) is 24.2 Å². The third-order valence-electron chi connectivity index (χ3n) is 2.61. The molecule has 0 unspecified atom stereocenters. The molecule has 0 amide bonds. The van der Waals surface area contributed by atoms with E-state index in [4.69, 9.17) is 5.73 Å². The van der Waals surface area contributed by atoms with Crippen LogP contribution >= 0.6 is 11.3 Å². The van der Waals surface area contributed by atoms with Crippen molar-refractivity contribution in [2.75, 3.05) is 5.73 Å². The number of benzene rings is 1. The molecule has 0 aliphatic carbocycles. The van der Waals surface area contributed by atoms with Crippen LogP contribution in [0.25, 0.3) is 10.4 Å². The Morgan fingerprint density at radius 2 is 1.88 bits per heavy atom. The normalized spacial score (nSPS) is 10.8. The summed E-state index contributed by atoms with van der Waals surface area (Å²) in [6.07, 6.45) is 0. The summed E-state index contributed by atoms with van der Waals surface area (Å²) in [6, 6.07) is 11.9. The number of Topliss-reactive ketones (excluding diaryl/α,β-unsaturated/α-hetero) is 1. The molecule has 0 radical (unpaired) electrons. The van der Waals surface area contributed by atoms with Crippen LogP contribution in [0.3, 0.4) is 0 Å². The monoisotopic (exact) mass is 245 g/mol. The highest BCUT2D eigenvalue weighted by Crippen LogP contribution is 2.34. The molecule has 0 saturated heterocycles. The number of carbonyl (C=O) groups excluding carboxylic acids is 1. The number of ketones is 1. The van der Waals surface area contributed by atoms with E-state index >= 15 is 0 Å². The molecule has 0 bridgehead atoms. The van der Waals surface area contributed by atoms with E-state index in [1.165, 1.54) is 11.3 Å². The molecule has 0 atom stereocenters. The lowest BCUT2D eigenvalue weighted by molar-refractivity contribution is 0.0940. The highest BCUT2D eigenvalue weighted by atomic mass is 32.1. The number of nitrogens with two attached hydrogens (primary N) is 1. The van der Waals surface area contributed by atoms with Crippen LogP contribution in [0.2, 0.25) is 0 Å². The molecule has 0 aliphatic heterocycles. The number of hydrogen-bond donors (Lipinski definition) is 1. The summed E-state index contributed by atoms with van der Waals surface area (Å²) in [4.78, 5) is 13.0. The van der Waals surface area contributed by atoms with Gasteiger partial charge in [0.2, 0.25) is 0 Å². The summed E-state index contributed by atoms with van der Waals surface area (Å²) >= 11 is 1.47. The van der Waals surface area contributed by atoms with Crippen LogP contribution in [0.15, 0.2) is 36.4 Å². The second-order valence-electron chi connectivity index (χ2n) is 4.27. The van der Waals surface area contributed by atoms with Crippen LogP contribution < -0.4 is 5.73 Å². The first-order valence-corrected chi connectivity index (χ1v) is 6.40. The van der Waals surface area contributed by atoms with Crippen LogP contribution in [0.4, 0.5) is 5.00 Å². The average Bonchev–Trinajstić information content (AvgIpc) is 2.71. The first-order chi connectivity index (χ1) is 8.09. The lowest BCUT2D eigenvalue weighted by Crippen LogP contribution is -2.07. The highest BCUT2D eigenvalue weighted by Gasteiger charge is 2.17. The molecular weight excluding hydrogens is 230 g/mol. The summed E-state index contributed by atoms with van der Waals surface area (Å²) in [5.41, 5.74) is 7.68. The maximum absolute atomic E-state index is 11.9. The maximum atomic E-state index is 11.9. The molecule has 17 heavy (non-hydrogen) atoms. The molecule has 1 aromatic carbocycles. The number of rotatable bonds is 3. The maximum Gasteiger partial charge on any atom is 0.168 e. The number of nitrogen functional groups attached to an aromatic ring is 1. The third kappa shape index (κ3) is 2.39. The first-order valence-electron chi connectivity index (χ1n) is 5.58. The van der Waals surface area contributed by atoms with Crippen molar-refractivity contribution in [3.63, 3.8) is 0 Å². The van der Waals surface area contributed by atoms with Gasteiger partial charge in [-0.25, -0.2) is 0 Å². The molecular formula is C14H15NOS. The van der Waals surface area contributed by atoms with Gasteiger partial charge in [0, 0.05) is 10.8 Å². The van der Waals surface area contributed by atoms with E-state index in [2.05, 4.69) is 0 Å². The van der Waals surface area contributed by atoms with E-state index in [0.29, 0.717) is 10.6 Å².